The second-order valence-corrected chi connectivity index (χ2v) is 9.64. The van der Waals surface area contributed by atoms with Gasteiger partial charge < -0.3 is 4.74 Å². The lowest BCUT2D eigenvalue weighted by Crippen LogP contribution is -2.41. The van der Waals surface area contributed by atoms with Gasteiger partial charge >= 0.3 is 5.97 Å². The van der Waals surface area contributed by atoms with E-state index < -0.39 is 26.6 Å². The summed E-state index contributed by atoms with van der Waals surface area (Å²) in [5.74, 6) is -2.51. The predicted octanol–water partition coefficient (Wildman–Crippen LogP) is 3.34. The molecule has 26 heavy (non-hydrogen) atoms. The largest absolute Gasteiger partial charge is 0.465 e. The van der Waals surface area contributed by atoms with Gasteiger partial charge in [-0.15, -0.1) is 0 Å². The maximum atomic E-state index is 13.8. The Morgan fingerprint density at radius 1 is 1.23 bits per heavy atom. The van der Waals surface area contributed by atoms with Crippen LogP contribution in [0.2, 0.25) is 0 Å². The molecule has 0 spiro atoms. The minimum Gasteiger partial charge on any atom is -0.465 e. The normalized spacial score (nSPS) is 17.3. The summed E-state index contributed by atoms with van der Waals surface area (Å²) in [5.41, 5.74) is 0.0623. The number of benzene rings is 1. The second kappa shape index (κ2) is 8.00. The molecule has 0 bridgehead atoms. The van der Waals surface area contributed by atoms with Crippen LogP contribution in [0.3, 0.4) is 0 Å². The minimum absolute atomic E-state index is 0.0623. The summed E-state index contributed by atoms with van der Waals surface area (Å²) in [6.07, 6.45) is 1.33. The molecule has 0 unspecified atom stereocenters. The van der Waals surface area contributed by atoms with Gasteiger partial charge in [0.2, 0.25) is 10.0 Å². The van der Waals surface area contributed by atoms with E-state index in [1.807, 2.05) is 0 Å². The standard InChI is InChI=1S/C18H25F2NO4S/c1-18(2,3)8-11-25-17(22)13-6-9-21(10-7-13)26(23,24)16-12-14(19)4-5-15(16)20/h4-5,12-13H,6-11H2,1-3H3. The fraction of sp³-hybridized carbons (Fsp3) is 0.611. The van der Waals surface area contributed by atoms with Crippen molar-refractivity contribution in [1.82, 2.24) is 4.31 Å². The smallest absolute Gasteiger partial charge is 0.309 e. The van der Waals surface area contributed by atoms with Crippen LogP contribution in [0.5, 0.6) is 0 Å². The molecule has 0 amide bonds. The van der Waals surface area contributed by atoms with Crippen molar-refractivity contribution in [2.75, 3.05) is 19.7 Å². The number of piperidine rings is 1. The van der Waals surface area contributed by atoms with Crippen LogP contribution in [-0.4, -0.2) is 38.4 Å². The van der Waals surface area contributed by atoms with Crippen molar-refractivity contribution >= 4 is 16.0 Å². The highest BCUT2D eigenvalue weighted by molar-refractivity contribution is 7.89. The number of sulfonamides is 1. The number of ether oxygens (including phenoxy) is 1. The van der Waals surface area contributed by atoms with Crippen molar-refractivity contribution in [2.45, 2.75) is 44.9 Å². The van der Waals surface area contributed by atoms with Crippen molar-refractivity contribution in [3.8, 4) is 0 Å². The first kappa shape index (κ1) is 20.8. The molecule has 0 aliphatic carbocycles. The number of carbonyl (C=O) groups excluding carboxylic acids is 1. The van der Waals surface area contributed by atoms with Crippen molar-refractivity contribution in [3.63, 3.8) is 0 Å². The molecule has 1 aromatic rings. The average Bonchev–Trinajstić information content (AvgIpc) is 2.56. The Kier molecular flexibility index (Phi) is 6.39. The molecule has 0 saturated carbocycles. The molecule has 0 atom stereocenters. The fourth-order valence-corrected chi connectivity index (χ4v) is 4.27. The third-order valence-electron chi connectivity index (χ3n) is 4.39. The van der Waals surface area contributed by atoms with Crippen LogP contribution >= 0.6 is 0 Å². The molecule has 1 aromatic carbocycles. The van der Waals surface area contributed by atoms with Crippen molar-refractivity contribution in [3.05, 3.63) is 29.8 Å². The topological polar surface area (TPSA) is 63.7 Å². The number of carbonyl (C=O) groups is 1. The second-order valence-electron chi connectivity index (χ2n) is 7.73. The molecule has 1 fully saturated rings. The summed E-state index contributed by atoms with van der Waals surface area (Å²) in [7, 11) is -4.13. The predicted molar refractivity (Wildman–Crippen MR) is 92.9 cm³/mol. The maximum absolute atomic E-state index is 13.8. The first-order valence-corrected chi connectivity index (χ1v) is 10.1. The zero-order valence-corrected chi connectivity index (χ0v) is 16.1. The van der Waals surface area contributed by atoms with E-state index in [1.54, 1.807) is 0 Å². The Bertz CT molecular complexity index is 751. The van der Waals surface area contributed by atoms with Crippen molar-refractivity contribution < 1.29 is 26.7 Å². The van der Waals surface area contributed by atoms with Crippen molar-refractivity contribution in [2.24, 2.45) is 11.3 Å². The SMILES string of the molecule is CC(C)(C)CCOC(=O)C1CCN(S(=O)(=O)c2cc(F)ccc2F)CC1. The molecule has 1 saturated heterocycles. The first-order valence-electron chi connectivity index (χ1n) is 8.62. The average molecular weight is 389 g/mol. The summed E-state index contributed by atoms with van der Waals surface area (Å²) < 4.78 is 58.5. The van der Waals surface area contributed by atoms with E-state index in [0.717, 1.165) is 22.9 Å². The van der Waals surface area contributed by atoms with E-state index in [4.69, 9.17) is 4.74 Å². The Morgan fingerprint density at radius 3 is 2.42 bits per heavy atom. The van der Waals surface area contributed by atoms with Crippen LogP contribution in [0.4, 0.5) is 8.78 Å². The van der Waals surface area contributed by atoms with Gasteiger partial charge in [0.1, 0.15) is 16.5 Å². The Labute approximate surface area is 153 Å². The fourth-order valence-electron chi connectivity index (χ4n) is 2.72. The van der Waals surface area contributed by atoms with Gasteiger partial charge in [-0.25, -0.2) is 17.2 Å². The molecule has 8 heteroatoms. The molecule has 1 aliphatic heterocycles. The van der Waals surface area contributed by atoms with E-state index in [1.165, 1.54) is 0 Å². The molecule has 1 aliphatic rings. The highest BCUT2D eigenvalue weighted by Gasteiger charge is 2.34. The summed E-state index contributed by atoms with van der Waals surface area (Å²) in [6.45, 7) is 6.62. The van der Waals surface area contributed by atoms with E-state index >= 15 is 0 Å². The van der Waals surface area contributed by atoms with Crippen molar-refractivity contribution in [1.29, 1.82) is 0 Å². The van der Waals surface area contributed by atoms with Crippen LogP contribution in [0.15, 0.2) is 23.1 Å². The molecule has 1 heterocycles. The molecule has 146 valence electrons. The zero-order chi connectivity index (χ0) is 19.5. The van der Waals surface area contributed by atoms with Crippen LogP contribution in [-0.2, 0) is 19.6 Å². The van der Waals surface area contributed by atoms with E-state index in [9.17, 15) is 22.0 Å². The lowest BCUT2D eigenvalue weighted by atomic mass is 9.93. The number of hydrogen-bond acceptors (Lipinski definition) is 4. The Balaban J connectivity index is 1.95. The van der Waals surface area contributed by atoms with Gasteiger partial charge in [0.05, 0.1) is 12.5 Å². The van der Waals surface area contributed by atoms with Gasteiger partial charge in [0, 0.05) is 13.1 Å². The summed E-state index contributed by atoms with van der Waals surface area (Å²) in [5, 5.41) is 0. The van der Waals surface area contributed by atoms with E-state index in [2.05, 4.69) is 20.8 Å². The molecule has 5 nitrogen and oxygen atoms in total. The molecule has 0 radical (unpaired) electrons. The zero-order valence-electron chi connectivity index (χ0n) is 15.3. The maximum Gasteiger partial charge on any atom is 0.309 e. The van der Waals surface area contributed by atoms with Crippen LogP contribution in [0, 0.1) is 23.0 Å². The Morgan fingerprint density at radius 2 is 1.85 bits per heavy atom. The van der Waals surface area contributed by atoms with E-state index in [0.29, 0.717) is 25.5 Å². The van der Waals surface area contributed by atoms with Crippen LogP contribution in [0.1, 0.15) is 40.0 Å². The highest BCUT2D eigenvalue weighted by atomic mass is 32.2. The summed E-state index contributed by atoms with van der Waals surface area (Å²) in [4.78, 5) is 11.4. The van der Waals surface area contributed by atoms with Gasteiger partial charge in [0.15, 0.2) is 0 Å². The minimum atomic E-state index is -4.13. The first-order chi connectivity index (χ1) is 12.0. The quantitative estimate of drug-likeness (QED) is 0.725. The number of rotatable bonds is 5. The summed E-state index contributed by atoms with van der Waals surface area (Å²) in [6, 6.07) is 2.34. The number of hydrogen-bond donors (Lipinski definition) is 0. The van der Waals surface area contributed by atoms with Gasteiger partial charge in [-0.1, -0.05) is 20.8 Å². The molecule has 0 N–H and O–H groups in total. The van der Waals surface area contributed by atoms with Gasteiger partial charge in [0.25, 0.3) is 0 Å². The third-order valence-corrected chi connectivity index (χ3v) is 6.31. The van der Waals surface area contributed by atoms with Crippen LogP contribution in [0.25, 0.3) is 0 Å². The molecular weight excluding hydrogens is 364 g/mol. The molecule has 0 aromatic heterocycles. The molecule has 2 rings (SSSR count). The van der Waals surface area contributed by atoms with Gasteiger partial charge in [-0.05, 0) is 42.9 Å². The monoisotopic (exact) mass is 389 g/mol. The summed E-state index contributed by atoms with van der Waals surface area (Å²) >= 11 is 0. The number of nitrogens with zero attached hydrogens (tertiary/aromatic N) is 1. The van der Waals surface area contributed by atoms with E-state index in [-0.39, 0.29) is 30.4 Å². The third kappa shape index (κ3) is 5.23. The van der Waals surface area contributed by atoms with Gasteiger partial charge in [-0.2, -0.15) is 4.31 Å². The Hall–Kier alpha value is -1.54. The lowest BCUT2D eigenvalue weighted by Gasteiger charge is -2.30. The van der Waals surface area contributed by atoms with Crippen LogP contribution < -0.4 is 0 Å². The highest BCUT2D eigenvalue weighted by Crippen LogP contribution is 2.27. The number of halogens is 2. The number of esters is 1. The van der Waals surface area contributed by atoms with Gasteiger partial charge in [-0.3, -0.25) is 4.79 Å². The lowest BCUT2D eigenvalue weighted by molar-refractivity contribution is -0.150. The molecular formula is C18H25F2NO4S.